The minimum Gasteiger partial charge on any atom is -0.363 e. The molecular formula is C18H24N6O. The Labute approximate surface area is 148 Å². The zero-order valence-electron chi connectivity index (χ0n) is 14.7. The molecule has 2 aromatic heterocycles. The van der Waals surface area contributed by atoms with Crippen molar-refractivity contribution in [3.05, 3.63) is 48.2 Å². The van der Waals surface area contributed by atoms with Crippen LogP contribution in [0.1, 0.15) is 16.1 Å². The Bertz CT molecular complexity index is 706. The van der Waals surface area contributed by atoms with Gasteiger partial charge in [-0.25, -0.2) is 9.97 Å². The zero-order valence-corrected chi connectivity index (χ0v) is 14.7. The number of rotatable bonds is 4. The summed E-state index contributed by atoms with van der Waals surface area (Å²) in [6, 6.07) is 5.55. The molecule has 1 saturated heterocycles. The Kier molecular flexibility index (Phi) is 5.55. The van der Waals surface area contributed by atoms with E-state index in [4.69, 9.17) is 0 Å². The second kappa shape index (κ2) is 8.02. The maximum absolute atomic E-state index is 12.7. The minimum absolute atomic E-state index is 0.0627. The van der Waals surface area contributed by atoms with Crippen LogP contribution in [0, 0.1) is 5.92 Å². The first-order valence-electron chi connectivity index (χ1n) is 8.52. The second-order valence-electron chi connectivity index (χ2n) is 6.52. The number of hydrogen-bond donors (Lipinski definition) is 1. The molecule has 0 aliphatic carbocycles. The van der Waals surface area contributed by atoms with Gasteiger partial charge < -0.3 is 15.1 Å². The number of carbonyl (C=O) groups excluding carboxylic acids is 1. The molecule has 0 saturated carbocycles. The van der Waals surface area contributed by atoms with Gasteiger partial charge in [0, 0.05) is 70.0 Å². The molecule has 3 rings (SSSR count). The normalized spacial score (nSPS) is 17.8. The summed E-state index contributed by atoms with van der Waals surface area (Å²) in [6.45, 7) is 3.11. The Morgan fingerprint density at radius 2 is 2.12 bits per heavy atom. The Balaban J connectivity index is 1.70. The summed E-state index contributed by atoms with van der Waals surface area (Å²) in [7, 11) is 3.93. The molecule has 1 aliphatic heterocycles. The van der Waals surface area contributed by atoms with Crippen molar-refractivity contribution in [1.29, 1.82) is 0 Å². The number of anilines is 1. The third-order valence-corrected chi connectivity index (χ3v) is 4.35. The van der Waals surface area contributed by atoms with Crippen LogP contribution in [-0.4, -0.2) is 66.0 Å². The molecule has 0 bridgehead atoms. The van der Waals surface area contributed by atoms with Crippen LogP contribution in [0.4, 0.5) is 5.82 Å². The van der Waals surface area contributed by atoms with E-state index in [0.29, 0.717) is 18.0 Å². The summed E-state index contributed by atoms with van der Waals surface area (Å²) in [4.78, 5) is 29.3. The molecule has 1 N–H and O–H groups in total. The molecule has 1 fully saturated rings. The Hall–Kier alpha value is -2.54. The lowest BCUT2D eigenvalue weighted by molar-refractivity contribution is 0.0747. The molecule has 0 unspecified atom stereocenters. The number of hydrogen-bond acceptors (Lipinski definition) is 6. The number of pyridine rings is 1. The van der Waals surface area contributed by atoms with Gasteiger partial charge in [-0.2, -0.15) is 0 Å². The fraction of sp³-hybridized carbons (Fsp3) is 0.444. The van der Waals surface area contributed by atoms with E-state index < -0.39 is 0 Å². The Morgan fingerprint density at radius 1 is 1.32 bits per heavy atom. The van der Waals surface area contributed by atoms with Crippen molar-refractivity contribution in [2.45, 2.75) is 6.42 Å². The highest BCUT2D eigenvalue weighted by atomic mass is 16.2. The summed E-state index contributed by atoms with van der Waals surface area (Å²) in [5.74, 6) is 1.28. The van der Waals surface area contributed by atoms with Gasteiger partial charge in [0.15, 0.2) is 0 Å². The highest BCUT2D eigenvalue weighted by Crippen LogP contribution is 2.15. The molecule has 1 atom stereocenters. The van der Waals surface area contributed by atoms with E-state index in [9.17, 15) is 4.79 Å². The smallest absolute Gasteiger partial charge is 0.254 e. The number of carbonyl (C=O) groups is 1. The van der Waals surface area contributed by atoms with Crippen molar-refractivity contribution in [2.24, 2.45) is 5.92 Å². The number of nitrogens with zero attached hydrogens (tertiary/aromatic N) is 5. The van der Waals surface area contributed by atoms with Crippen molar-refractivity contribution in [1.82, 2.24) is 25.2 Å². The molecule has 2 aromatic rings. The van der Waals surface area contributed by atoms with Crippen LogP contribution in [0.3, 0.4) is 0 Å². The van der Waals surface area contributed by atoms with Gasteiger partial charge in [-0.1, -0.05) is 0 Å². The highest BCUT2D eigenvalue weighted by molar-refractivity contribution is 5.94. The van der Waals surface area contributed by atoms with Crippen LogP contribution >= 0.6 is 0 Å². The molecule has 0 aromatic carbocycles. The fourth-order valence-corrected chi connectivity index (χ4v) is 3.02. The SMILES string of the molecule is CN(C)c1cc(C[C@@H]2CNCCN(C(=O)c3ccncc3)C2)ncn1. The first-order chi connectivity index (χ1) is 12.1. The van der Waals surface area contributed by atoms with Crippen LogP contribution in [0.2, 0.25) is 0 Å². The van der Waals surface area contributed by atoms with Crippen LogP contribution in [0.25, 0.3) is 0 Å². The average Bonchev–Trinajstić information content (AvgIpc) is 2.87. The lowest BCUT2D eigenvalue weighted by Gasteiger charge is -2.24. The van der Waals surface area contributed by atoms with Crippen LogP contribution < -0.4 is 10.2 Å². The van der Waals surface area contributed by atoms with Crippen molar-refractivity contribution in [2.75, 3.05) is 45.2 Å². The summed E-state index contributed by atoms with van der Waals surface area (Å²) in [5.41, 5.74) is 1.69. The van der Waals surface area contributed by atoms with E-state index in [0.717, 1.165) is 37.6 Å². The standard InChI is InChI=1S/C18H24N6O/c1-23(2)17-10-16(21-13-22-17)9-14-11-20-7-8-24(12-14)18(25)15-3-5-19-6-4-15/h3-6,10,13-14,20H,7-9,11-12H2,1-2H3/t14-/m1/s1. The fourth-order valence-electron chi connectivity index (χ4n) is 3.02. The van der Waals surface area contributed by atoms with Gasteiger partial charge in [0.05, 0.1) is 0 Å². The lowest BCUT2D eigenvalue weighted by atomic mass is 10.0. The van der Waals surface area contributed by atoms with Crippen LogP contribution in [0.15, 0.2) is 36.9 Å². The summed E-state index contributed by atoms with van der Waals surface area (Å²) in [5, 5.41) is 3.43. The van der Waals surface area contributed by atoms with Crippen molar-refractivity contribution in [3.63, 3.8) is 0 Å². The van der Waals surface area contributed by atoms with E-state index in [1.807, 2.05) is 30.0 Å². The molecule has 132 valence electrons. The molecule has 0 spiro atoms. The van der Waals surface area contributed by atoms with E-state index in [1.165, 1.54) is 0 Å². The maximum atomic E-state index is 12.7. The molecule has 25 heavy (non-hydrogen) atoms. The lowest BCUT2D eigenvalue weighted by Crippen LogP contribution is -2.36. The van der Waals surface area contributed by atoms with Gasteiger partial charge in [0.1, 0.15) is 12.1 Å². The predicted molar refractivity (Wildman–Crippen MR) is 96.6 cm³/mol. The molecule has 0 radical (unpaired) electrons. The monoisotopic (exact) mass is 340 g/mol. The largest absolute Gasteiger partial charge is 0.363 e. The minimum atomic E-state index is 0.0627. The highest BCUT2D eigenvalue weighted by Gasteiger charge is 2.23. The van der Waals surface area contributed by atoms with Crippen molar-refractivity contribution >= 4 is 11.7 Å². The average molecular weight is 340 g/mol. The van der Waals surface area contributed by atoms with Crippen molar-refractivity contribution < 1.29 is 4.79 Å². The van der Waals surface area contributed by atoms with Crippen LogP contribution in [-0.2, 0) is 6.42 Å². The summed E-state index contributed by atoms with van der Waals surface area (Å²) < 4.78 is 0. The van der Waals surface area contributed by atoms with Gasteiger partial charge in [-0.15, -0.1) is 0 Å². The second-order valence-corrected chi connectivity index (χ2v) is 6.52. The first kappa shape index (κ1) is 17.3. The first-order valence-corrected chi connectivity index (χ1v) is 8.52. The van der Waals surface area contributed by atoms with E-state index in [2.05, 4.69) is 20.3 Å². The quantitative estimate of drug-likeness (QED) is 0.889. The molecule has 7 heteroatoms. The van der Waals surface area contributed by atoms with Gasteiger partial charge in [-0.05, 0) is 24.5 Å². The molecule has 7 nitrogen and oxygen atoms in total. The molecule has 1 aliphatic rings. The number of nitrogens with one attached hydrogen (secondary N) is 1. The van der Waals surface area contributed by atoms with Crippen LogP contribution in [0.5, 0.6) is 0 Å². The third kappa shape index (κ3) is 4.51. The number of amides is 1. The Morgan fingerprint density at radius 3 is 2.88 bits per heavy atom. The predicted octanol–water partition coefficient (Wildman–Crippen LogP) is 0.842. The van der Waals surface area contributed by atoms with E-state index in [-0.39, 0.29) is 5.91 Å². The summed E-state index contributed by atoms with van der Waals surface area (Å²) >= 11 is 0. The van der Waals surface area contributed by atoms with Gasteiger partial charge in [0.2, 0.25) is 0 Å². The van der Waals surface area contributed by atoms with Gasteiger partial charge >= 0.3 is 0 Å². The third-order valence-electron chi connectivity index (χ3n) is 4.35. The van der Waals surface area contributed by atoms with Gasteiger partial charge in [0.25, 0.3) is 5.91 Å². The van der Waals surface area contributed by atoms with Crippen molar-refractivity contribution in [3.8, 4) is 0 Å². The molecule has 1 amide bonds. The molecular weight excluding hydrogens is 316 g/mol. The zero-order chi connectivity index (χ0) is 17.6. The van der Waals surface area contributed by atoms with E-state index >= 15 is 0 Å². The summed E-state index contributed by atoms with van der Waals surface area (Å²) in [6.07, 6.45) is 5.74. The topological polar surface area (TPSA) is 74.2 Å². The van der Waals surface area contributed by atoms with E-state index in [1.54, 1.807) is 30.9 Å². The maximum Gasteiger partial charge on any atom is 0.254 e. The molecule has 3 heterocycles. The van der Waals surface area contributed by atoms with Gasteiger partial charge in [-0.3, -0.25) is 9.78 Å². The number of aromatic nitrogens is 3.